The second kappa shape index (κ2) is 6.41. The second-order valence-electron chi connectivity index (χ2n) is 5.31. The lowest BCUT2D eigenvalue weighted by molar-refractivity contribution is 0.587. The fourth-order valence-electron chi connectivity index (χ4n) is 1.83. The molecule has 1 aromatic carbocycles. The maximum absolute atomic E-state index is 4.19. The molecular weight excluding hydrogens is 268 g/mol. The molecule has 0 saturated heterocycles. The molecule has 108 valence electrons. The topological polar surface area (TPSA) is 42.7 Å². The summed E-state index contributed by atoms with van der Waals surface area (Å²) in [6.07, 6.45) is 0. The van der Waals surface area contributed by atoms with Crippen molar-refractivity contribution in [3.63, 3.8) is 0 Å². The van der Waals surface area contributed by atoms with Gasteiger partial charge in [-0.25, -0.2) is 0 Å². The maximum Gasteiger partial charge on any atom is 0.195 e. The van der Waals surface area contributed by atoms with E-state index in [0.29, 0.717) is 6.04 Å². The third-order valence-electron chi connectivity index (χ3n) is 3.28. The van der Waals surface area contributed by atoms with Crippen molar-refractivity contribution in [2.45, 2.75) is 50.3 Å². The van der Waals surface area contributed by atoms with Gasteiger partial charge < -0.3 is 9.88 Å². The molecule has 0 fully saturated rings. The second-order valence-corrected chi connectivity index (χ2v) is 6.36. The van der Waals surface area contributed by atoms with Crippen LogP contribution in [0, 0.1) is 13.8 Å². The van der Waals surface area contributed by atoms with Gasteiger partial charge in [0.2, 0.25) is 0 Å². The van der Waals surface area contributed by atoms with E-state index in [4.69, 9.17) is 0 Å². The van der Waals surface area contributed by atoms with Gasteiger partial charge in [0, 0.05) is 24.5 Å². The van der Waals surface area contributed by atoms with E-state index in [1.54, 1.807) is 11.8 Å². The van der Waals surface area contributed by atoms with Crippen molar-refractivity contribution >= 4 is 11.8 Å². The van der Waals surface area contributed by atoms with Crippen molar-refractivity contribution in [2.24, 2.45) is 7.05 Å². The standard InChI is InChI=1S/C15H22N4S/c1-10(2)16-9-13-6-7-14(8-11(13)3)20-15-18-17-12(4)19(15)5/h6-8,10,16H,9H2,1-5H3. The van der Waals surface area contributed by atoms with E-state index in [0.717, 1.165) is 17.5 Å². The van der Waals surface area contributed by atoms with E-state index >= 15 is 0 Å². The summed E-state index contributed by atoms with van der Waals surface area (Å²) < 4.78 is 2.01. The molecule has 0 aliphatic carbocycles. The Morgan fingerprint density at radius 1 is 1.25 bits per heavy atom. The number of nitrogens with zero attached hydrogens (tertiary/aromatic N) is 3. The van der Waals surface area contributed by atoms with Crippen LogP contribution in [0.1, 0.15) is 30.8 Å². The van der Waals surface area contributed by atoms with Gasteiger partial charge >= 0.3 is 0 Å². The SMILES string of the molecule is Cc1cc(Sc2nnc(C)n2C)ccc1CNC(C)C. The maximum atomic E-state index is 4.19. The Kier molecular flexibility index (Phi) is 4.83. The van der Waals surface area contributed by atoms with Gasteiger partial charge in [0.05, 0.1) is 0 Å². The lowest BCUT2D eigenvalue weighted by atomic mass is 10.1. The zero-order valence-electron chi connectivity index (χ0n) is 12.8. The molecule has 0 unspecified atom stereocenters. The normalized spacial score (nSPS) is 11.3. The average molecular weight is 290 g/mol. The zero-order chi connectivity index (χ0) is 14.7. The summed E-state index contributed by atoms with van der Waals surface area (Å²) in [6.45, 7) is 9.36. The predicted octanol–water partition coefficient (Wildman–Crippen LogP) is 3.08. The molecule has 4 nitrogen and oxygen atoms in total. The average Bonchev–Trinajstić information content (AvgIpc) is 2.69. The first-order valence-electron chi connectivity index (χ1n) is 6.84. The minimum absolute atomic E-state index is 0.505. The summed E-state index contributed by atoms with van der Waals surface area (Å²) in [6, 6.07) is 7.06. The molecule has 0 aliphatic rings. The number of hydrogen-bond acceptors (Lipinski definition) is 4. The monoisotopic (exact) mass is 290 g/mol. The first kappa shape index (κ1) is 15.1. The van der Waals surface area contributed by atoms with Crippen LogP contribution in [-0.2, 0) is 13.6 Å². The summed E-state index contributed by atoms with van der Waals surface area (Å²) in [5, 5.41) is 12.6. The summed E-state index contributed by atoms with van der Waals surface area (Å²) in [5.41, 5.74) is 2.65. The van der Waals surface area contributed by atoms with Gasteiger partial charge in [0.15, 0.2) is 5.16 Å². The summed E-state index contributed by atoms with van der Waals surface area (Å²) in [4.78, 5) is 1.20. The first-order chi connectivity index (χ1) is 9.47. The molecule has 1 heterocycles. The van der Waals surface area contributed by atoms with Crippen LogP contribution in [0.3, 0.4) is 0 Å². The Hall–Kier alpha value is -1.33. The van der Waals surface area contributed by atoms with Crippen molar-refractivity contribution in [3.8, 4) is 0 Å². The van der Waals surface area contributed by atoms with E-state index in [1.807, 2.05) is 18.5 Å². The van der Waals surface area contributed by atoms with Crippen LogP contribution in [0.5, 0.6) is 0 Å². The number of nitrogens with one attached hydrogen (secondary N) is 1. The first-order valence-corrected chi connectivity index (χ1v) is 7.65. The molecular formula is C15H22N4S. The quantitative estimate of drug-likeness (QED) is 0.919. The van der Waals surface area contributed by atoms with E-state index in [-0.39, 0.29) is 0 Å². The van der Waals surface area contributed by atoms with E-state index in [2.05, 4.69) is 54.5 Å². The molecule has 0 radical (unpaired) electrons. The number of hydrogen-bond donors (Lipinski definition) is 1. The van der Waals surface area contributed by atoms with Crippen LogP contribution < -0.4 is 5.32 Å². The number of aryl methyl sites for hydroxylation is 2. The van der Waals surface area contributed by atoms with Crippen molar-refractivity contribution in [3.05, 3.63) is 35.2 Å². The largest absolute Gasteiger partial charge is 0.310 e. The van der Waals surface area contributed by atoms with Gasteiger partial charge in [0.25, 0.3) is 0 Å². The van der Waals surface area contributed by atoms with Crippen LogP contribution in [0.2, 0.25) is 0 Å². The molecule has 0 saturated carbocycles. The number of aromatic nitrogens is 3. The molecule has 2 rings (SSSR count). The van der Waals surface area contributed by atoms with Crippen LogP contribution >= 0.6 is 11.8 Å². The molecule has 5 heteroatoms. The van der Waals surface area contributed by atoms with Gasteiger partial charge in [0.1, 0.15) is 5.82 Å². The lowest BCUT2D eigenvalue weighted by Crippen LogP contribution is -2.22. The van der Waals surface area contributed by atoms with Gasteiger partial charge in [-0.3, -0.25) is 0 Å². The van der Waals surface area contributed by atoms with Crippen LogP contribution in [-0.4, -0.2) is 20.8 Å². The Labute approximate surface area is 125 Å². The molecule has 0 amide bonds. The van der Waals surface area contributed by atoms with Crippen molar-refractivity contribution in [2.75, 3.05) is 0 Å². The molecule has 0 bridgehead atoms. The van der Waals surface area contributed by atoms with Gasteiger partial charge in [-0.15, -0.1) is 10.2 Å². The highest BCUT2D eigenvalue weighted by atomic mass is 32.2. The van der Waals surface area contributed by atoms with E-state index < -0.39 is 0 Å². The van der Waals surface area contributed by atoms with Gasteiger partial charge in [-0.1, -0.05) is 19.9 Å². The number of benzene rings is 1. The highest BCUT2D eigenvalue weighted by Crippen LogP contribution is 2.27. The fraction of sp³-hybridized carbons (Fsp3) is 0.467. The molecule has 0 atom stereocenters. The van der Waals surface area contributed by atoms with Crippen molar-refractivity contribution < 1.29 is 0 Å². The van der Waals surface area contributed by atoms with Crippen molar-refractivity contribution in [1.29, 1.82) is 0 Å². The highest BCUT2D eigenvalue weighted by molar-refractivity contribution is 7.99. The number of rotatable bonds is 5. The molecule has 1 N–H and O–H groups in total. The van der Waals surface area contributed by atoms with Gasteiger partial charge in [-0.05, 0) is 48.9 Å². The minimum Gasteiger partial charge on any atom is -0.310 e. The summed E-state index contributed by atoms with van der Waals surface area (Å²) >= 11 is 1.65. The Morgan fingerprint density at radius 2 is 2.00 bits per heavy atom. The third kappa shape index (κ3) is 3.61. The van der Waals surface area contributed by atoms with Crippen LogP contribution in [0.4, 0.5) is 0 Å². The zero-order valence-corrected chi connectivity index (χ0v) is 13.6. The summed E-state index contributed by atoms with van der Waals surface area (Å²) in [5.74, 6) is 0.932. The fourth-order valence-corrected chi connectivity index (χ4v) is 2.76. The Morgan fingerprint density at radius 3 is 2.55 bits per heavy atom. The van der Waals surface area contributed by atoms with Gasteiger partial charge in [-0.2, -0.15) is 0 Å². The third-order valence-corrected chi connectivity index (χ3v) is 4.30. The predicted molar refractivity (Wildman–Crippen MR) is 83.0 cm³/mol. The molecule has 0 spiro atoms. The van der Waals surface area contributed by atoms with Crippen molar-refractivity contribution in [1.82, 2.24) is 20.1 Å². The lowest BCUT2D eigenvalue weighted by Gasteiger charge is -2.11. The molecule has 1 aromatic heterocycles. The van der Waals surface area contributed by atoms with Crippen LogP contribution in [0.15, 0.2) is 28.3 Å². The Bertz CT molecular complexity index is 590. The summed E-state index contributed by atoms with van der Waals surface area (Å²) in [7, 11) is 1.99. The molecule has 20 heavy (non-hydrogen) atoms. The van der Waals surface area contributed by atoms with E-state index in [1.165, 1.54) is 16.0 Å². The van der Waals surface area contributed by atoms with E-state index in [9.17, 15) is 0 Å². The highest BCUT2D eigenvalue weighted by Gasteiger charge is 2.08. The van der Waals surface area contributed by atoms with Crippen LogP contribution in [0.25, 0.3) is 0 Å². The molecule has 2 aromatic rings. The smallest absolute Gasteiger partial charge is 0.195 e. The Balaban J connectivity index is 2.11. The minimum atomic E-state index is 0.505. The molecule has 0 aliphatic heterocycles.